The van der Waals surface area contributed by atoms with Gasteiger partial charge in [-0.25, -0.2) is 4.79 Å². The Bertz CT molecular complexity index is 1320. The van der Waals surface area contributed by atoms with Crippen LogP contribution in [0.5, 0.6) is 17.2 Å². The highest BCUT2D eigenvalue weighted by Gasteiger charge is 2.43. The second-order valence-corrected chi connectivity index (χ2v) is 9.55. The lowest BCUT2D eigenvalue weighted by atomic mass is 9.82. The molecule has 1 heterocycles. The summed E-state index contributed by atoms with van der Waals surface area (Å²) in [7, 11) is 3.24. The van der Waals surface area contributed by atoms with E-state index in [0.717, 1.165) is 40.8 Å². The fourth-order valence-corrected chi connectivity index (χ4v) is 5.27. The number of carboxylic acid groups (broad SMARTS) is 1. The van der Waals surface area contributed by atoms with E-state index in [9.17, 15) is 14.7 Å². The molecule has 0 unspecified atom stereocenters. The predicted molar refractivity (Wildman–Crippen MR) is 134 cm³/mol. The van der Waals surface area contributed by atoms with E-state index in [1.54, 1.807) is 38.5 Å². The molecule has 1 aliphatic carbocycles. The van der Waals surface area contributed by atoms with Gasteiger partial charge in [-0.05, 0) is 72.9 Å². The number of carboxylic acids is 1. The summed E-state index contributed by atoms with van der Waals surface area (Å²) in [5, 5.41) is 12.6. The van der Waals surface area contributed by atoms with Gasteiger partial charge in [0.1, 0.15) is 23.4 Å². The minimum Gasteiger partial charge on any atom is -0.497 e. The third-order valence-electron chi connectivity index (χ3n) is 7.45. The number of ether oxygens (including phenoxy) is 3. The first-order valence-corrected chi connectivity index (χ1v) is 12.0. The van der Waals surface area contributed by atoms with E-state index in [1.807, 2.05) is 43.3 Å². The summed E-state index contributed by atoms with van der Waals surface area (Å²) in [5.41, 5.74) is 3.47. The van der Waals surface area contributed by atoms with Gasteiger partial charge in [0.2, 0.25) is 5.91 Å². The van der Waals surface area contributed by atoms with Gasteiger partial charge in [-0.1, -0.05) is 18.2 Å². The normalized spacial score (nSPS) is 22.1. The van der Waals surface area contributed by atoms with E-state index in [4.69, 9.17) is 14.2 Å². The molecule has 3 aromatic carbocycles. The van der Waals surface area contributed by atoms with Gasteiger partial charge in [-0.3, -0.25) is 4.79 Å². The molecule has 1 aliphatic heterocycles. The van der Waals surface area contributed by atoms with Gasteiger partial charge in [-0.15, -0.1) is 0 Å². The van der Waals surface area contributed by atoms with Crippen molar-refractivity contribution in [2.75, 3.05) is 14.2 Å². The zero-order valence-corrected chi connectivity index (χ0v) is 20.5. The van der Waals surface area contributed by atoms with Crippen molar-refractivity contribution in [2.45, 2.75) is 43.7 Å². The van der Waals surface area contributed by atoms with Crippen molar-refractivity contribution in [3.63, 3.8) is 0 Å². The van der Waals surface area contributed by atoms with E-state index in [2.05, 4.69) is 5.32 Å². The summed E-state index contributed by atoms with van der Waals surface area (Å²) in [6, 6.07) is 17.9. The van der Waals surface area contributed by atoms with Crippen molar-refractivity contribution in [2.24, 2.45) is 0 Å². The molecule has 5 rings (SSSR count). The lowest BCUT2D eigenvalue weighted by molar-refractivity contribution is -0.127. The number of hydrogen-bond acceptors (Lipinski definition) is 5. The minimum absolute atomic E-state index is 0.0277. The number of nitrogens with one attached hydrogen (secondary N) is 1. The number of amides is 1. The first kappa shape index (κ1) is 23.7. The van der Waals surface area contributed by atoms with Crippen molar-refractivity contribution in [3.8, 4) is 17.2 Å². The quantitative estimate of drug-likeness (QED) is 0.509. The topological polar surface area (TPSA) is 94.1 Å². The van der Waals surface area contributed by atoms with Crippen LogP contribution < -0.4 is 19.5 Å². The molecule has 0 radical (unpaired) electrons. The molecule has 3 atom stereocenters. The van der Waals surface area contributed by atoms with Crippen LogP contribution in [0.4, 0.5) is 0 Å². The van der Waals surface area contributed by atoms with Gasteiger partial charge in [0.25, 0.3) is 0 Å². The van der Waals surface area contributed by atoms with Crippen molar-refractivity contribution in [3.05, 3.63) is 88.5 Å². The lowest BCUT2D eigenvalue weighted by Crippen LogP contribution is -2.44. The Morgan fingerprint density at radius 3 is 2.39 bits per heavy atom. The second kappa shape index (κ2) is 9.22. The molecule has 0 bridgehead atoms. The number of aromatic carboxylic acids is 1. The summed E-state index contributed by atoms with van der Waals surface area (Å²) < 4.78 is 17.1. The second-order valence-electron chi connectivity index (χ2n) is 9.55. The zero-order chi connectivity index (χ0) is 25.4. The van der Waals surface area contributed by atoms with Gasteiger partial charge in [0.05, 0.1) is 31.2 Å². The molecule has 1 amide bonds. The summed E-state index contributed by atoms with van der Waals surface area (Å²) in [6.07, 6.45) is 1.70. The Morgan fingerprint density at radius 2 is 1.69 bits per heavy atom. The van der Waals surface area contributed by atoms with Crippen molar-refractivity contribution in [1.82, 2.24) is 5.32 Å². The summed E-state index contributed by atoms with van der Waals surface area (Å²) in [6.45, 7) is 2.00. The number of hydrogen-bond donors (Lipinski definition) is 2. The lowest BCUT2D eigenvalue weighted by Gasteiger charge is -2.35. The molecule has 0 fully saturated rings. The third kappa shape index (κ3) is 4.15. The van der Waals surface area contributed by atoms with Crippen LogP contribution in [-0.2, 0) is 16.6 Å². The van der Waals surface area contributed by atoms with Crippen LogP contribution in [-0.4, -0.2) is 31.2 Å². The molecule has 2 N–H and O–H groups in total. The summed E-state index contributed by atoms with van der Waals surface area (Å²) >= 11 is 0. The fraction of sp³-hybridized carbons (Fsp3) is 0.310. The Labute approximate surface area is 210 Å². The molecule has 7 nitrogen and oxygen atoms in total. The maximum Gasteiger partial charge on any atom is 0.335 e. The molecule has 2 aliphatic rings. The van der Waals surface area contributed by atoms with Crippen LogP contribution >= 0.6 is 0 Å². The smallest absolute Gasteiger partial charge is 0.335 e. The van der Waals surface area contributed by atoms with Gasteiger partial charge in [-0.2, -0.15) is 0 Å². The molecule has 186 valence electrons. The van der Waals surface area contributed by atoms with Gasteiger partial charge in [0.15, 0.2) is 0 Å². The Hall–Kier alpha value is -4.00. The number of carbonyl (C=O) groups excluding carboxylic acids is 1. The molecule has 36 heavy (non-hydrogen) atoms. The maximum atomic E-state index is 13.8. The first-order valence-electron chi connectivity index (χ1n) is 12.0. The van der Waals surface area contributed by atoms with Crippen LogP contribution in [0.25, 0.3) is 0 Å². The van der Waals surface area contributed by atoms with Crippen LogP contribution in [0.3, 0.4) is 0 Å². The zero-order valence-electron chi connectivity index (χ0n) is 20.5. The molecule has 0 aromatic heterocycles. The molecular weight excluding hydrogens is 458 g/mol. The Kier molecular flexibility index (Phi) is 6.08. The number of aryl methyl sites for hydroxylation is 1. The van der Waals surface area contributed by atoms with E-state index >= 15 is 0 Å². The Morgan fingerprint density at radius 1 is 1.00 bits per heavy atom. The molecule has 3 aromatic rings. The van der Waals surface area contributed by atoms with Crippen molar-refractivity contribution in [1.29, 1.82) is 0 Å². The average Bonchev–Trinajstić information content (AvgIpc) is 3.25. The van der Waals surface area contributed by atoms with E-state index in [0.29, 0.717) is 17.9 Å². The maximum absolute atomic E-state index is 13.8. The third-order valence-corrected chi connectivity index (χ3v) is 7.45. The van der Waals surface area contributed by atoms with Gasteiger partial charge >= 0.3 is 5.97 Å². The standard InChI is InChI=1S/C29H29NO6/c1-29(13-12-19-14-20(34-2)9-11-23(19)29)28(33)30-24-16-25(17-4-6-18(7-5-17)27(31)32)36-26-15-21(35-3)8-10-22(24)26/h4-11,14-15,24-25H,12-13,16H2,1-3H3,(H,30,33)(H,31,32)/t24-,25-,29-/m1/s1. The first-order chi connectivity index (χ1) is 17.3. The molecule has 7 heteroatoms. The monoisotopic (exact) mass is 487 g/mol. The van der Waals surface area contributed by atoms with E-state index in [1.165, 1.54) is 0 Å². The van der Waals surface area contributed by atoms with E-state index < -0.39 is 11.4 Å². The summed E-state index contributed by atoms with van der Waals surface area (Å²) in [4.78, 5) is 25.1. The van der Waals surface area contributed by atoms with Crippen LogP contribution in [0.2, 0.25) is 0 Å². The SMILES string of the molecule is COc1ccc2c(c1)CC[C@@]2(C)C(=O)N[C@@H]1C[C@H](c2ccc(C(=O)O)cc2)Oc2cc(OC)ccc21. The molecule has 0 saturated heterocycles. The minimum atomic E-state index is -0.978. The fourth-order valence-electron chi connectivity index (χ4n) is 5.27. The average molecular weight is 488 g/mol. The predicted octanol–water partition coefficient (Wildman–Crippen LogP) is 4.99. The number of carbonyl (C=O) groups is 2. The van der Waals surface area contributed by atoms with Gasteiger partial charge in [0, 0.05) is 18.1 Å². The number of fused-ring (bicyclic) bond motifs is 2. The van der Waals surface area contributed by atoms with Crippen LogP contribution in [0.15, 0.2) is 60.7 Å². The Balaban J connectivity index is 1.45. The highest BCUT2D eigenvalue weighted by Crippen LogP contribution is 2.45. The van der Waals surface area contributed by atoms with Crippen molar-refractivity contribution >= 4 is 11.9 Å². The summed E-state index contributed by atoms with van der Waals surface area (Å²) in [5.74, 6) is 1.09. The molecular formula is C29H29NO6. The number of benzene rings is 3. The largest absolute Gasteiger partial charge is 0.497 e. The highest BCUT2D eigenvalue weighted by atomic mass is 16.5. The van der Waals surface area contributed by atoms with Crippen molar-refractivity contribution < 1.29 is 28.9 Å². The highest BCUT2D eigenvalue weighted by molar-refractivity contribution is 5.90. The van der Waals surface area contributed by atoms with Crippen LogP contribution in [0, 0.1) is 0 Å². The van der Waals surface area contributed by atoms with E-state index in [-0.39, 0.29) is 23.6 Å². The molecule has 0 saturated carbocycles. The molecule has 0 spiro atoms. The van der Waals surface area contributed by atoms with Gasteiger partial charge < -0.3 is 24.6 Å². The number of rotatable bonds is 6. The van der Waals surface area contributed by atoms with Crippen LogP contribution in [0.1, 0.15) is 64.5 Å². The number of methoxy groups -OCH3 is 2.